The van der Waals surface area contributed by atoms with Gasteiger partial charge in [0.2, 0.25) is 0 Å². The first kappa shape index (κ1) is 14.0. The molecule has 4 heteroatoms. The standard InChI is InChI=1S/C18H12Br2N2/c19-15-7-3-1-5-12(15)9-13-10-17-18(20)14-6-2-4-8-16(14)22(17)11-21-13/h1-8,10-11H,9H2. The van der Waals surface area contributed by atoms with Crippen LogP contribution in [0.3, 0.4) is 0 Å². The molecule has 0 unspecified atom stereocenters. The van der Waals surface area contributed by atoms with Crippen LogP contribution in [0.4, 0.5) is 0 Å². The highest BCUT2D eigenvalue weighted by Gasteiger charge is 2.10. The van der Waals surface area contributed by atoms with E-state index in [2.05, 4.69) is 89.8 Å². The Balaban J connectivity index is 1.86. The predicted octanol–water partition coefficient (Wildman–Crippen LogP) is 5.60. The zero-order chi connectivity index (χ0) is 15.1. The number of benzene rings is 2. The second-order valence-electron chi connectivity index (χ2n) is 5.23. The monoisotopic (exact) mass is 414 g/mol. The minimum atomic E-state index is 0.811. The lowest BCUT2D eigenvalue weighted by Crippen LogP contribution is -1.96. The van der Waals surface area contributed by atoms with Crippen molar-refractivity contribution in [2.45, 2.75) is 6.42 Å². The Bertz CT molecular complexity index is 989. The number of hydrogen-bond acceptors (Lipinski definition) is 1. The molecule has 2 heterocycles. The van der Waals surface area contributed by atoms with Gasteiger partial charge in [-0.2, -0.15) is 0 Å². The lowest BCUT2D eigenvalue weighted by Gasteiger charge is -2.05. The molecule has 0 aliphatic carbocycles. The Hall–Kier alpha value is -1.65. The van der Waals surface area contributed by atoms with Crippen molar-refractivity contribution in [3.05, 3.63) is 81.1 Å². The number of rotatable bonds is 2. The molecular formula is C18H12Br2N2. The fourth-order valence-corrected chi connectivity index (χ4v) is 3.83. The van der Waals surface area contributed by atoms with Gasteiger partial charge in [-0.15, -0.1) is 0 Å². The minimum Gasteiger partial charge on any atom is -0.299 e. The molecule has 0 amide bonds. The molecule has 4 aromatic rings. The third-order valence-corrected chi connectivity index (χ3v) is 5.46. The zero-order valence-corrected chi connectivity index (χ0v) is 14.8. The lowest BCUT2D eigenvalue weighted by atomic mass is 10.1. The van der Waals surface area contributed by atoms with Gasteiger partial charge >= 0.3 is 0 Å². The average molecular weight is 416 g/mol. The maximum absolute atomic E-state index is 4.63. The summed E-state index contributed by atoms with van der Waals surface area (Å²) >= 11 is 7.33. The van der Waals surface area contributed by atoms with Crippen LogP contribution in [0.1, 0.15) is 11.3 Å². The summed E-state index contributed by atoms with van der Waals surface area (Å²) in [5.74, 6) is 0. The molecule has 0 saturated heterocycles. The van der Waals surface area contributed by atoms with Crippen LogP contribution >= 0.6 is 31.9 Å². The fourth-order valence-electron chi connectivity index (χ4n) is 2.76. The first-order chi connectivity index (χ1) is 10.7. The van der Waals surface area contributed by atoms with Gasteiger partial charge in [0.1, 0.15) is 0 Å². The summed E-state index contributed by atoms with van der Waals surface area (Å²) in [5, 5.41) is 1.21. The predicted molar refractivity (Wildman–Crippen MR) is 97.3 cm³/mol. The van der Waals surface area contributed by atoms with Gasteiger partial charge in [-0.25, -0.2) is 4.98 Å². The van der Waals surface area contributed by atoms with Gasteiger partial charge in [-0.3, -0.25) is 4.40 Å². The van der Waals surface area contributed by atoms with Crippen molar-refractivity contribution >= 4 is 48.3 Å². The molecule has 2 aromatic heterocycles. The topological polar surface area (TPSA) is 17.3 Å². The molecule has 0 aliphatic rings. The molecule has 0 radical (unpaired) electrons. The fraction of sp³-hybridized carbons (Fsp3) is 0.0556. The van der Waals surface area contributed by atoms with Crippen molar-refractivity contribution < 1.29 is 0 Å². The van der Waals surface area contributed by atoms with E-state index in [1.54, 1.807) is 0 Å². The van der Waals surface area contributed by atoms with Crippen LogP contribution in [0.5, 0.6) is 0 Å². The van der Waals surface area contributed by atoms with E-state index in [4.69, 9.17) is 0 Å². The maximum Gasteiger partial charge on any atom is 0.0999 e. The summed E-state index contributed by atoms with van der Waals surface area (Å²) in [6.45, 7) is 0. The van der Waals surface area contributed by atoms with Gasteiger partial charge in [0.25, 0.3) is 0 Å². The van der Waals surface area contributed by atoms with Crippen LogP contribution in [0.2, 0.25) is 0 Å². The number of halogens is 2. The largest absolute Gasteiger partial charge is 0.299 e. The number of hydrogen-bond donors (Lipinski definition) is 0. The van der Waals surface area contributed by atoms with Gasteiger partial charge in [-0.1, -0.05) is 52.3 Å². The van der Waals surface area contributed by atoms with Gasteiger partial charge in [-0.05, 0) is 39.7 Å². The van der Waals surface area contributed by atoms with E-state index in [9.17, 15) is 0 Å². The molecule has 2 aromatic carbocycles. The van der Waals surface area contributed by atoms with E-state index in [1.165, 1.54) is 16.5 Å². The van der Waals surface area contributed by atoms with Crippen LogP contribution in [0, 0.1) is 0 Å². The summed E-state index contributed by atoms with van der Waals surface area (Å²) in [6, 6.07) is 18.8. The third kappa shape index (κ3) is 2.27. The Labute approximate surface area is 145 Å². The normalized spacial score (nSPS) is 11.4. The summed E-state index contributed by atoms with van der Waals surface area (Å²) < 4.78 is 4.37. The summed E-state index contributed by atoms with van der Waals surface area (Å²) in [4.78, 5) is 4.63. The molecule has 108 valence electrons. The molecule has 0 atom stereocenters. The maximum atomic E-state index is 4.63. The molecule has 0 fully saturated rings. The molecule has 2 nitrogen and oxygen atoms in total. The zero-order valence-electron chi connectivity index (χ0n) is 11.6. The summed E-state index contributed by atoms with van der Waals surface area (Å²) in [5.41, 5.74) is 4.62. The van der Waals surface area contributed by atoms with Gasteiger partial charge < -0.3 is 0 Å². The number of para-hydroxylation sites is 1. The van der Waals surface area contributed by atoms with Crippen LogP contribution in [-0.2, 0) is 6.42 Å². The van der Waals surface area contributed by atoms with Gasteiger partial charge in [0, 0.05) is 22.0 Å². The van der Waals surface area contributed by atoms with E-state index in [0.29, 0.717) is 0 Å². The Morgan fingerprint density at radius 2 is 1.68 bits per heavy atom. The van der Waals surface area contributed by atoms with Crippen LogP contribution < -0.4 is 0 Å². The van der Waals surface area contributed by atoms with E-state index in [1.807, 2.05) is 12.4 Å². The van der Waals surface area contributed by atoms with E-state index in [0.717, 1.165) is 26.6 Å². The van der Waals surface area contributed by atoms with Crippen LogP contribution in [0.25, 0.3) is 16.4 Å². The van der Waals surface area contributed by atoms with Gasteiger partial charge in [0.05, 0.1) is 21.8 Å². The molecular weight excluding hydrogens is 404 g/mol. The Morgan fingerprint density at radius 1 is 0.909 bits per heavy atom. The highest BCUT2D eigenvalue weighted by atomic mass is 79.9. The van der Waals surface area contributed by atoms with Gasteiger partial charge in [0.15, 0.2) is 0 Å². The van der Waals surface area contributed by atoms with Crippen molar-refractivity contribution in [3.8, 4) is 0 Å². The van der Waals surface area contributed by atoms with Crippen LogP contribution in [-0.4, -0.2) is 9.38 Å². The first-order valence-electron chi connectivity index (χ1n) is 7.00. The third-order valence-electron chi connectivity index (χ3n) is 3.86. The number of nitrogens with zero attached hydrogens (tertiary/aromatic N) is 2. The quantitative estimate of drug-likeness (QED) is 0.416. The van der Waals surface area contributed by atoms with E-state index in [-0.39, 0.29) is 0 Å². The number of aromatic nitrogens is 2. The molecule has 0 saturated carbocycles. The SMILES string of the molecule is Brc1ccccc1Cc1cc2c(Br)c3ccccc3n2cn1. The summed E-state index contributed by atoms with van der Waals surface area (Å²) in [7, 11) is 0. The highest BCUT2D eigenvalue weighted by molar-refractivity contribution is 9.11. The van der Waals surface area contributed by atoms with Crippen LogP contribution in [0.15, 0.2) is 69.9 Å². The smallest absolute Gasteiger partial charge is 0.0999 e. The van der Waals surface area contributed by atoms with Crippen molar-refractivity contribution in [1.29, 1.82) is 0 Å². The van der Waals surface area contributed by atoms with Crippen molar-refractivity contribution in [2.24, 2.45) is 0 Å². The lowest BCUT2D eigenvalue weighted by molar-refractivity contribution is 1.01. The van der Waals surface area contributed by atoms with E-state index >= 15 is 0 Å². The highest BCUT2D eigenvalue weighted by Crippen LogP contribution is 2.31. The second kappa shape index (κ2) is 5.52. The minimum absolute atomic E-state index is 0.811. The van der Waals surface area contributed by atoms with E-state index < -0.39 is 0 Å². The molecule has 22 heavy (non-hydrogen) atoms. The Morgan fingerprint density at radius 3 is 2.55 bits per heavy atom. The molecule has 0 spiro atoms. The second-order valence-corrected chi connectivity index (χ2v) is 6.88. The molecule has 0 aliphatic heterocycles. The average Bonchev–Trinajstić information content (AvgIpc) is 2.83. The first-order valence-corrected chi connectivity index (χ1v) is 8.59. The summed E-state index contributed by atoms with van der Waals surface area (Å²) in [6.07, 6.45) is 2.72. The molecule has 4 rings (SSSR count). The Kier molecular flexibility index (Phi) is 3.51. The molecule has 0 N–H and O–H groups in total. The molecule has 0 bridgehead atoms. The van der Waals surface area contributed by atoms with Crippen molar-refractivity contribution in [2.75, 3.05) is 0 Å². The van der Waals surface area contributed by atoms with Crippen molar-refractivity contribution in [1.82, 2.24) is 9.38 Å². The van der Waals surface area contributed by atoms with Crippen molar-refractivity contribution in [3.63, 3.8) is 0 Å². The number of fused-ring (bicyclic) bond motifs is 3.